The maximum atomic E-state index is 14.1. The van der Waals surface area contributed by atoms with Crippen LogP contribution in [0.5, 0.6) is 0 Å². The van der Waals surface area contributed by atoms with Crippen molar-refractivity contribution in [1.29, 1.82) is 0 Å². The van der Waals surface area contributed by atoms with E-state index in [1.165, 1.54) is 24.1 Å². The van der Waals surface area contributed by atoms with Gasteiger partial charge in [-0.1, -0.05) is 40.2 Å². The Morgan fingerprint density at radius 2 is 2.00 bits per heavy atom. The summed E-state index contributed by atoms with van der Waals surface area (Å²) in [5, 5.41) is 2.58. The Bertz CT molecular complexity index is 915. The Balaban J connectivity index is 2.50. The summed E-state index contributed by atoms with van der Waals surface area (Å²) in [4.78, 5) is 28.7. The van der Waals surface area contributed by atoms with Crippen LogP contribution in [0.3, 0.4) is 0 Å². The highest BCUT2D eigenvalue weighted by Gasteiger charge is 2.47. The first kappa shape index (κ1) is 24.3. The van der Waals surface area contributed by atoms with E-state index in [2.05, 4.69) is 27.8 Å². The molecule has 1 aliphatic rings. The van der Waals surface area contributed by atoms with Gasteiger partial charge < -0.3 is 15.1 Å². The largest absolute Gasteiger partial charge is 0.368 e. The minimum absolute atomic E-state index is 0.168. The predicted octanol–water partition coefficient (Wildman–Crippen LogP) is 4.50. The first-order valence-corrected chi connectivity index (χ1v) is 10.1. The fraction of sp³-hybridized carbons (Fsp3) is 0.400. The Morgan fingerprint density at radius 1 is 1.40 bits per heavy atom. The van der Waals surface area contributed by atoms with E-state index in [4.69, 9.17) is 11.6 Å². The predicted molar refractivity (Wildman–Crippen MR) is 114 cm³/mol. The second-order valence-corrected chi connectivity index (χ2v) is 8.66. The van der Waals surface area contributed by atoms with E-state index in [9.17, 15) is 22.8 Å². The van der Waals surface area contributed by atoms with Crippen molar-refractivity contribution in [3.05, 3.63) is 51.4 Å². The molecule has 5 nitrogen and oxygen atoms in total. The average molecular weight is 509 g/mol. The topological polar surface area (TPSA) is 52.7 Å². The van der Waals surface area contributed by atoms with Crippen molar-refractivity contribution in [2.45, 2.75) is 12.8 Å². The van der Waals surface area contributed by atoms with Gasteiger partial charge in [0.1, 0.15) is 16.9 Å². The number of rotatable bonds is 6. The normalized spacial score (nSPS) is 20.2. The fourth-order valence-corrected chi connectivity index (χ4v) is 4.29. The summed E-state index contributed by atoms with van der Waals surface area (Å²) in [6.45, 7) is 4.53. The Morgan fingerprint density at radius 3 is 2.50 bits per heavy atom. The standard InChI is InChI=1S/C20H22BrClF3N3O2/c1-10(21)14(17(22)27(3)4)11-9-28(5)19(30)15(11)18(29)26-13-8-6-7-12(23)16(13)20(2,24)25/h6-8,11,15H,1,9H2,2-5H3,(H,26,29)/b17-14+/t11-,15+/m1/s1. The van der Waals surface area contributed by atoms with Crippen molar-refractivity contribution in [3.8, 4) is 0 Å². The quantitative estimate of drug-likeness (QED) is 0.350. The van der Waals surface area contributed by atoms with Gasteiger partial charge in [0, 0.05) is 50.6 Å². The van der Waals surface area contributed by atoms with Crippen LogP contribution in [0.4, 0.5) is 18.9 Å². The molecule has 164 valence electrons. The smallest absolute Gasteiger partial charge is 0.275 e. The molecule has 0 radical (unpaired) electrons. The molecular formula is C20H22BrClF3N3O2. The van der Waals surface area contributed by atoms with Crippen LogP contribution in [-0.4, -0.2) is 49.3 Å². The summed E-state index contributed by atoms with van der Waals surface area (Å²) in [5.41, 5.74) is -0.893. The van der Waals surface area contributed by atoms with Crippen LogP contribution in [0.2, 0.25) is 0 Å². The summed E-state index contributed by atoms with van der Waals surface area (Å²) >= 11 is 9.67. The van der Waals surface area contributed by atoms with Crippen molar-refractivity contribution < 1.29 is 22.8 Å². The molecule has 10 heteroatoms. The first-order valence-electron chi connectivity index (χ1n) is 8.91. The lowest BCUT2D eigenvalue weighted by molar-refractivity contribution is -0.135. The van der Waals surface area contributed by atoms with Crippen molar-refractivity contribution >= 4 is 45.0 Å². The van der Waals surface area contributed by atoms with Crippen molar-refractivity contribution in [1.82, 2.24) is 9.80 Å². The van der Waals surface area contributed by atoms with E-state index in [-0.39, 0.29) is 11.7 Å². The monoisotopic (exact) mass is 507 g/mol. The van der Waals surface area contributed by atoms with Gasteiger partial charge in [0.2, 0.25) is 11.8 Å². The molecule has 1 aromatic rings. The molecule has 2 amide bonds. The van der Waals surface area contributed by atoms with Gasteiger partial charge in [-0.3, -0.25) is 9.59 Å². The van der Waals surface area contributed by atoms with Crippen LogP contribution >= 0.6 is 27.5 Å². The van der Waals surface area contributed by atoms with Gasteiger partial charge in [-0.05, 0) is 12.1 Å². The van der Waals surface area contributed by atoms with E-state index in [1.807, 2.05) is 0 Å². The number of nitrogens with one attached hydrogen (secondary N) is 1. The number of hydrogen-bond acceptors (Lipinski definition) is 3. The zero-order chi connectivity index (χ0) is 23.0. The first-order chi connectivity index (χ1) is 13.8. The van der Waals surface area contributed by atoms with E-state index in [0.717, 1.165) is 6.07 Å². The minimum Gasteiger partial charge on any atom is -0.368 e. The van der Waals surface area contributed by atoms with Gasteiger partial charge in [0.05, 0.1) is 11.3 Å². The number of likely N-dealkylation sites (tertiary alicyclic amines) is 1. The molecule has 1 aliphatic heterocycles. The van der Waals surface area contributed by atoms with Gasteiger partial charge in [-0.2, -0.15) is 0 Å². The third-order valence-electron chi connectivity index (χ3n) is 4.79. The Hall–Kier alpha value is -2.00. The molecule has 30 heavy (non-hydrogen) atoms. The van der Waals surface area contributed by atoms with Crippen LogP contribution in [0.15, 0.2) is 40.0 Å². The lowest BCUT2D eigenvalue weighted by Gasteiger charge is -2.24. The van der Waals surface area contributed by atoms with E-state index in [0.29, 0.717) is 17.0 Å². The average Bonchev–Trinajstić information content (AvgIpc) is 2.88. The highest BCUT2D eigenvalue weighted by Crippen LogP contribution is 2.40. The van der Waals surface area contributed by atoms with E-state index >= 15 is 0 Å². The number of carbonyl (C=O) groups excluding carboxylic acids is 2. The summed E-state index contributed by atoms with van der Waals surface area (Å²) in [6, 6.07) is 3.25. The zero-order valence-electron chi connectivity index (χ0n) is 16.9. The molecule has 0 bridgehead atoms. The fourth-order valence-electron chi connectivity index (χ4n) is 3.44. The number of anilines is 1. The van der Waals surface area contributed by atoms with Gasteiger partial charge in [0.25, 0.3) is 5.92 Å². The van der Waals surface area contributed by atoms with Crippen LogP contribution in [0.25, 0.3) is 0 Å². The van der Waals surface area contributed by atoms with Gasteiger partial charge >= 0.3 is 0 Å². The maximum absolute atomic E-state index is 14.1. The summed E-state index contributed by atoms with van der Waals surface area (Å²) in [6.07, 6.45) is 0. The zero-order valence-corrected chi connectivity index (χ0v) is 19.2. The molecule has 0 aliphatic carbocycles. The van der Waals surface area contributed by atoms with E-state index < -0.39 is 46.6 Å². The molecule has 1 N–H and O–H groups in total. The molecule has 2 rings (SSSR count). The number of allylic oxidation sites excluding steroid dienone is 1. The van der Waals surface area contributed by atoms with Gasteiger partial charge in [-0.15, -0.1) is 0 Å². The Labute approximate surface area is 186 Å². The number of nitrogens with zero attached hydrogens (tertiary/aromatic N) is 2. The lowest BCUT2D eigenvalue weighted by atomic mass is 9.87. The molecule has 1 aromatic carbocycles. The summed E-state index contributed by atoms with van der Waals surface area (Å²) < 4.78 is 42.3. The highest BCUT2D eigenvalue weighted by molar-refractivity contribution is 9.11. The van der Waals surface area contributed by atoms with Crippen molar-refractivity contribution in [2.75, 3.05) is 33.0 Å². The lowest BCUT2D eigenvalue weighted by Crippen LogP contribution is -2.35. The highest BCUT2D eigenvalue weighted by atomic mass is 79.9. The second kappa shape index (κ2) is 9.01. The molecule has 1 heterocycles. The number of halogens is 5. The third kappa shape index (κ3) is 4.83. The number of hydrogen-bond donors (Lipinski definition) is 1. The van der Waals surface area contributed by atoms with Crippen LogP contribution in [0.1, 0.15) is 12.5 Å². The van der Waals surface area contributed by atoms with Crippen LogP contribution < -0.4 is 5.32 Å². The van der Waals surface area contributed by atoms with Crippen LogP contribution in [0, 0.1) is 17.7 Å². The second-order valence-electron chi connectivity index (χ2n) is 7.35. The molecule has 0 spiro atoms. The van der Waals surface area contributed by atoms with Crippen LogP contribution in [-0.2, 0) is 15.5 Å². The van der Waals surface area contributed by atoms with Crippen molar-refractivity contribution in [3.63, 3.8) is 0 Å². The van der Waals surface area contributed by atoms with Gasteiger partial charge in [-0.25, -0.2) is 13.2 Å². The molecule has 2 atom stereocenters. The number of benzene rings is 1. The molecule has 1 fully saturated rings. The van der Waals surface area contributed by atoms with Gasteiger partial charge in [0.15, 0.2) is 0 Å². The number of amides is 2. The summed E-state index contributed by atoms with van der Waals surface area (Å²) in [7, 11) is 4.90. The molecule has 1 saturated heterocycles. The maximum Gasteiger partial charge on any atom is 0.275 e. The summed E-state index contributed by atoms with van der Waals surface area (Å²) in [5.74, 6) is -7.98. The Kier molecular flexibility index (Phi) is 7.29. The third-order valence-corrected chi connectivity index (χ3v) is 5.75. The molecule has 0 aromatic heterocycles. The number of carbonyl (C=O) groups is 2. The van der Waals surface area contributed by atoms with Crippen molar-refractivity contribution in [2.24, 2.45) is 11.8 Å². The minimum atomic E-state index is -3.53. The molecular weight excluding hydrogens is 487 g/mol. The number of alkyl halides is 2. The molecule has 0 unspecified atom stereocenters. The van der Waals surface area contributed by atoms with E-state index in [1.54, 1.807) is 19.0 Å². The SMILES string of the molecule is C=C(Br)/C(=C(/Cl)N(C)C)[C@H]1CN(C)C(=O)[C@@H]1C(=O)Nc1cccc(F)c1C(C)(F)F. The molecule has 0 saturated carbocycles.